The smallest absolute Gasteiger partial charge is 0.282 e. The number of unbranched alkanes of at least 4 members (excludes halogenated alkanes) is 18. The first kappa shape index (κ1) is 32.8. The SMILES string of the molecule is CCCCCCCCCCCCc1ccc(S(=O)(=O)O)c2c(CCCCCCCCCCCC)cccc12. The molecule has 0 spiro atoms. The first-order valence-electron chi connectivity index (χ1n) is 16.0. The molecule has 0 saturated heterocycles. The molecule has 0 fully saturated rings. The molecule has 0 radical (unpaired) electrons. The van der Waals surface area contributed by atoms with E-state index in [0.717, 1.165) is 42.0 Å². The molecule has 0 heterocycles. The summed E-state index contributed by atoms with van der Waals surface area (Å²) in [4.78, 5) is 0.0713. The minimum Gasteiger partial charge on any atom is -0.282 e. The highest BCUT2D eigenvalue weighted by molar-refractivity contribution is 7.86. The summed E-state index contributed by atoms with van der Waals surface area (Å²) in [7, 11) is -4.27. The summed E-state index contributed by atoms with van der Waals surface area (Å²) >= 11 is 0. The third-order valence-corrected chi connectivity index (χ3v) is 8.95. The molecule has 0 aliphatic carbocycles. The molecular formula is C34H56O3S. The summed E-state index contributed by atoms with van der Waals surface area (Å²) in [5, 5.41) is 1.75. The Labute approximate surface area is 235 Å². The highest BCUT2D eigenvalue weighted by Crippen LogP contribution is 2.31. The van der Waals surface area contributed by atoms with E-state index in [4.69, 9.17) is 0 Å². The molecule has 216 valence electrons. The van der Waals surface area contributed by atoms with Gasteiger partial charge in [0.15, 0.2) is 0 Å². The van der Waals surface area contributed by atoms with E-state index in [1.54, 1.807) is 6.07 Å². The van der Waals surface area contributed by atoms with Crippen molar-refractivity contribution in [1.29, 1.82) is 0 Å². The van der Waals surface area contributed by atoms with Gasteiger partial charge >= 0.3 is 0 Å². The van der Waals surface area contributed by atoms with Crippen LogP contribution in [0.15, 0.2) is 35.2 Å². The van der Waals surface area contributed by atoms with Crippen molar-refractivity contribution < 1.29 is 13.0 Å². The maximum Gasteiger partial charge on any atom is 0.295 e. The summed E-state index contributed by atoms with van der Waals surface area (Å²) in [6, 6.07) is 9.70. The van der Waals surface area contributed by atoms with Gasteiger partial charge in [0.25, 0.3) is 10.1 Å². The zero-order valence-electron chi connectivity index (χ0n) is 24.6. The molecule has 1 N–H and O–H groups in total. The topological polar surface area (TPSA) is 54.4 Å². The van der Waals surface area contributed by atoms with Gasteiger partial charge in [-0.15, -0.1) is 0 Å². The zero-order valence-corrected chi connectivity index (χ0v) is 25.4. The van der Waals surface area contributed by atoms with Gasteiger partial charge in [-0.3, -0.25) is 4.55 Å². The maximum absolute atomic E-state index is 12.3. The number of fused-ring (bicyclic) bond motifs is 1. The third kappa shape index (κ3) is 12.6. The van der Waals surface area contributed by atoms with Crippen LogP contribution < -0.4 is 0 Å². The van der Waals surface area contributed by atoms with Gasteiger partial charge in [-0.05, 0) is 48.3 Å². The van der Waals surface area contributed by atoms with Crippen LogP contribution in [0.5, 0.6) is 0 Å². The maximum atomic E-state index is 12.3. The molecule has 4 heteroatoms. The molecule has 2 aromatic rings. The Morgan fingerprint density at radius 1 is 0.526 bits per heavy atom. The van der Waals surface area contributed by atoms with Crippen molar-refractivity contribution in [2.45, 2.75) is 160 Å². The minimum absolute atomic E-state index is 0.0713. The van der Waals surface area contributed by atoms with Gasteiger partial charge in [-0.2, -0.15) is 8.42 Å². The summed E-state index contributed by atoms with van der Waals surface area (Å²) < 4.78 is 34.5. The molecule has 38 heavy (non-hydrogen) atoms. The molecular weight excluding hydrogens is 488 g/mol. The summed E-state index contributed by atoms with van der Waals surface area (Å²) in [5.74, 6) is 0. The van der Waals surface area contributed by atoms with Gasteiger partial charge in [-0.25, -0.2) is 0 Å². The number of hydrogen-bond donors (Lipinski definition) is 1. The van der Waals surface area contributed by atoms with E-state index in [1.807, 2.05) is 12.1 Å². The van der Waals surface area contributed by atoms with Crippen molar-refractivity contribution in [3.63, 3.8) is 0 Å². The van der Waals surface area contributed by atoms with Gasteiger partial charge in [-0.1, -0.05) is 154 Å². The van der Waals surface area contributed by atoms with E-state index < -0.39 is 10.1 Å². The van der Waals surface area contributed by atoms with Crippen LogP contribution >= 0.6 is 0 Å². The molecule has 0 atom stereocenters. The Hall–Kier alpha value is -1.39. The second kappa shape index (κ2) is 19.6. The van der Waals surface area contributed by atoms with Crippen molar-refractivity contribution in [3.8, 4) is 0 Å². The summed E-state index contributed by atoms with van der Waals surface area (Å²) in [6.45, 7) is 4.52. The van der Waals surface area contributed by atoms with Crippen molar-refractivity contribution in [2.24, 2.45) is 0 Å². The largest absolute Gasteiger partial charge is 0.295 e. The fourth-order valence-electron chi connectivity index (χ4n) is 5.76. The van der Waals surface area contributed by atoms with Crippen molar-refractivity contribution >= 4 is 20.9 Å². The molecule has 3 nitrogen and oxygen atoms in total. The second-order valence-corrected chi connectivity index (χ2v) is 12.8. The van der Waals surface area contributed by atoms with Gasteiger partial charge in [0.05, 0.1) is 0 Å². The lowest BCUT2D eigenvalue weighted by atomic mass is 9.94. The Kier molecular flexibility index (Phi) is 17.0. The van der Waals surface area contributed by atoms with E-state index >= 15 is 0 Å². The van der Waals surface area contributed by atoms with E-state index in [0.29, 0.717) is 0 Å². The lowest BCUT2D eigenvalue weighted by Crippen LogP contribution is -2.03. The fourth-order valence-corrected chi connectivity index (χ4v) is 6.49. The van der Waals surface area contributed by atoms with Crippen molar-refractivity contribution in [2.75, 3.05) is 0 Å². The van der Waals surface area contributed by atoms with E-state index in [-0.39, 0.29) is 4.90 Å². The highest BCUT2D eigenvalue weighted by atomic mass is 32.2. The summed E-state index contributed by atoms with van der Waals surface area (Å²) in [5.41, 5.74) is 2.26. The predicted molar refractivity (Wildman–Crippen MR) is 165 cm³/mol. The summed E-state index contributed by atoms with van der Waals surface area (Å²) in [6.07, 6.45) is 27.7. The predicted octanol–water partition coefficient (Wildman–Crippen LogP) is 11.0. The Bertz CT molecular complexity index is 996. The number of benzene rings is 2. The van der Waals surface area contributed by atoms with Crippen molar-refractivity contribution in [3.05, 3.63) is 41.5 Å². The molecule has 0 aromatic heterocycles. The first-order valence-corrected chi connectivity index (χ1v) is 17.4. The monoisotopic (exact) mass is 544 g/mol. The molecule has 0 unspecified atom stereocenters. The highest BCUT2D eigenvalue weighted by Gasteiger charge is 2.18. The van der Waals surface area contributed by atoms with Gasteiger partial charge in [0, 0.05) is 5.39 Å². The Morgan fingerprint density at radius 2 is 0.947 bits per heavy atom. The van der Waals surface area contributed by atoms with E-state index in [9.17, 15) is 13.0 Å². The Balaban J connectivity index is 1.88. The molecule has 2 aromatic carbocycles. The number of rotatable bonds is 23. The van der Waals surface area contributed by atoms with Crippen LogP contribution in [0.1, 0.15) is 153 Å². The molecule has 0 bridgehead atoms. The quantitative estimate of drug-likeness (QED) is 0.112. The van der Waals surface area contributed by atoms with E-state index in [2.05, 4.69) is 26.0 Å². The zero-order chi connectivity index (χ0) is 27.5. The number of hydrogen-bond acceptors (Lipinski definition) is 2. The normalized spacial score (nSPS) is 12.0. The Morgan fingerprint density at radius 3 is 1.39 bits per heavy atom. The first-order chi connectivity index (χ1) is 18.5. The average molecular weight is 545 g/mol. The van der Waals surface area contributed by atoms with Crippen LogP contribution in [0.2, 0.25) is 0 Å². The molecule has 0 aliphatic heterocycles. The minimum atomic E-state index is -4.27. The van der Waals surface area contributed by atoms with Crippen LogP contribution in [0, 0.1) is 0 Å². The third-order valence-electron chi connectivity index (χ3n) is 8.06. The standard InChI is InChI=1S/C34H56O3S/c1-3-5-7-9-11-13-15-17-19-21-24-30-28-29-33(38(35,36)37)34-31(26-23-27-32(30)34)25-22-20-18-16-14-12-10-8-6-4-2/h23,26-29H,3-22,24-25H2,1-2H3,(H,35,36,37). The second-order valence-electron chi connectivity index (χ2n) is 11.4. The van der Waals surface area contributed by atoms with Crippen LogP contribution in [-0.4, -0.2) is 13.0 Å². The van der Waals surface area contributed by atoms with Crippen LogP contribution in [-0.2, 0) is 23.0 Å². The lowest BCUT2D eigenvalue weighted by Gasteiger charge is -2.14. The molecule has 0 aliphatic rings. The molecule has 0 saturated carbocycles. The fraction of sp³-hybridized carbons (Fsp3) is 0.706. The van der Waals surface area contributed by atoms with Gasteiger partial charge in [0.2, 0.25) is 0 Å². The van der Waals surface area contributed by atoms with Crippen LogP contribution in [0.25, 0.3) is 10.8 Å². The average Bonchev–Trinajstić information content (AvgIpc) is 2.90. The van der Waals surface area contributed by atoms with Crippen molar-refractivity contribution in [1.82, 2.24) is 0 Å². The number of aryl methyl sites for hydroxylation is 2. The molecule has 2 rings (SSSR count). The molecule has 0 amide bonds. The van der Waals surface area contributed by atoms with Gasteiger partial charge in [0.1, 0.15) is 4.90 Å². The van der Waals surface area contributed by atoms with Crippen LogP contribution in [0.3, 0.4) is 0 Å². The van der Waals surface area contributed by atoms with E-state index in [1.165, 1.54) is 121 Å². The van der Waals surface area contributed by atoms with Crippen LogP contribution in [0.4, 0.5) is 0 Å². The van der Waals surface area contributed by atoms with Gasteiger partial charge < -0.3 is 0 Å². The lowest BCUT2D eigenvalue weighted by molar-refractivity contribution is 0.484.